The van der Waals surface area contributed by atoms with Crippen LogP contribution in [0.1, 0.15) is 88.2 Å². The van der Waals surface area contributed by atoms with Gasteiger partial charge in [0.05, 0.1) is 6.10 Å². The highest BCUT2D eigenvalue weighted by Gasteiger charge is 2.63. The molecule has 0 aliphatic heterocycles. The van der Waals surface area contributed by atoms with Gasteiger partial charge in [0.2, 0.25) is 0 Å². The van der Waals surface area contributed by atoms with Crippen LogP contribution >= 0.6 is 0 Å². The predicted octanol–water partition coefficient (Wildman–Crippen LogP) is 5.95. The first-order valence-corrected chi connectivity index (χ1v) is 12.7. The molecule has 3 aliphatic carbocycles. The first-order chi connectivity index (χ1) is 15.0. The minimum Gasteiger partial charge on any atom is -0.508 e. The Hall–Kier alpha value is -1.32. The fourth-order valence-electron chi connectivity index (χ4n) is 7.93. The highest BCUT2D eigenvalue weighted by molar-refractivity contribution is 5.43. The normalized spacial score (nSPS) is 36.5. The molecule has 3 nitrogen and oxygen atoms in total. The Morgan fingerprint density at radius 2 is 1.94 bits per heavy atom. The first kappa shape index (κ1) is 22.9. The average Bonchev–Trinajstić information content (AvgIpc) is 3.07. The van der Waals surface area contributed by atoms with Crippen LogP contribution in [0.15, 0.2) is 30.9 Å². The maximum absolute atomic E-state index is 11.1. The minimum absolute atomic E-state index is 0.0105. The lowest BCUT2D eigenvalue weighted by Crippen LogP contribution is -2.54. The monoisotopic (exact) mass is 425 g/mol. The van der Waals surface area contributed by atoms with Crippen molar-refractivity contribution < 1.29 is 10.2 Å². The first-order valence-electron chi connectivity index (χ1n) is 12.7. The van der Waals surface area contributed by atoms with Crippen LogP contribution in [0.25, 0.3) is 0 Å². The molecule has 0 amide bonds. The second-order valence-corrected chi connectivity index (χ2v) is 11.0. The van der Waals surface area contributed by atoms with Crippen molar-refractivity contribution in [3.05, 3.63) is 42.0 Å². The number of hydrogen-bond donors (Lipinski definition) is 3. The molecule has 3 N–H and O–H groups in total. The lowest BCUT2D eigenvalue weighted by atomic mass is 9.44. The average molecular weight is 426 g/mol. The molecule has 4 rings (SSSR count). The Kier molecular flexibility index (Phi) is 6.84. The van der Waals surface area contributed by atoms with Gasteiger partial charge in [0.25, 0.3) is 0 Å². The number of aliphatic hydroxyl groups is 1. The van der Waals surface area contributed by atoms with Crippen LogP contribution in [0, 0.1) is 22.7 Å². The van der Waals surface area contributed by atoms with E-state index in [9.17, 15) is 10.2 Å². The van der Waals surface area contributed by atoms with Crippen molar-refractivity contribution in [2.24, 2.45) is 22.7 Å². The SMILES string of the molecule is C=CC12CCc3cc(O)ccc3[C@H]1[C@@H](CCCCCCCNC)C[C@]1(C)[C@@H](O)CC[C@@H]21. The van der Waals surface area contributed by atoms with Gasteiger partial charge in [0.15, 0.2) is 0 Å². The van der Waals surface area contributed by atoms with Crippen molar-refractivity contribution in [2.45, 2.75) is 89.6 Å². The number of nitrogens with one attached hydrogen (secondary N) is 1. The Balaban J connectivity index is 1.60. The topological polar surface area (TPSA) is 52.5 Å². The Bertz CT molecular complexity index is 776. The van der Waals surface area contributed by atoms with Crippen LogP contribution in [0.4, 0.5) is 0 Å². The van der Waals surface area contributed by atoms with Gasteiger partial charge in [-0.3, -0.25) is 0 Å². The highest BCUT2D eigenvalue weighted by atomic mass is 16.3. The van der Waals surface area contributed by atoms with E-state index in [0.29, 0.717) is 23.5 Å². The van der Waals surface area contributed by atoms with Crippen molar-refractivity contribution >= 4 is 0 Å². The van der Waals surface area contributed by atoms with Crippen molar-refractivity contribution in [1.29, 1.82) is 0 Å². The molecule has 0 saturated heterocycles. The molecule has 2 fully saturated rings. The van der Waals surface area contributed by atoms with E-state index in [2.05, 4.69) is 31.0 Å². The number of benzene rings is 1. The second kappa shape index (κ2) is 9.27. The Morgan fingerprint density at radius 3 is 2.71 bits per heavy atom. The zero-order valence-electron chi connectivity index (χ0n) is 19.7. The number of aryl methyl sites for hydroxylation is 1. The second-order valence-electron chi connectivity index (χ2n) is 11.0. The van der Waals surface area contributed by atoms with Gasteiger partial charge < -0.3 is 15.5 Å². The summed E-state index contributed by atoms with van der Waals surface area (Å²) in [7, 11) is 2.03. The molecular formula is C28H43NO2. The van der Waals surface area contributed by atoms with Crippen molar-refractivity contribution in [3.63, 3.8) is 0 Å². The standard InChI is InChI=1S/C28H43NO2/c1-4-28-16-15-20-18-22(30)11-12-23(20)26(28)21(10-8-6-5-7-9-17-29-3)19-27(2)24(28)13-14-25(27)31/h4,11-12,18,21,24-26,29-31H,1,5-10,13-17,19H2,2-3H3/t21-,24+,25-,26+,27-,28?/m0/s1. The van der Waals surface area contributed by atoms with Crippen LogP contribution in [0.5, 0.6) is 5.75 Å². The maximum Gasteiger partial charge on any atom is 0.115 e. The Morgan fingerprint density at radius 1 is 1.16 bits per heavy atom. The van der Waals surface area contributed by atoms with E-state index in [1.165, 1.54) is 49.7 Å². The summed E-state index contributed by atoms with van der Waals surface area (Å²) in [4.78, 5) is 0. The van der Waals surface area contributed by atoms with Crippen LogP contribution in [-0.4, -0.2) is 29.9 Å². The maximum atomic E-state index is 11.1. The molecule has 0 radical (unpaired) electrons. The zero-order valence-corrected chi connectivity index (χ0v) is 19.7. The van der Waals surface area contributed by atoms with E-state index in [1.54, 1.807) is 0 Å². The van der Waals surface area contributed by atoms with Gasteiger partial charge in [-0.1, -0.05) is 44.7 Å². The number of phenols is 1. The third-order valence-electron chi connectivity index (χ3n) is 9.36. The summed E-state index contributed by atoms with van der Waals surface area (Å²) in [5, 5.41) is 24.4. The molecule has 0 spiro atoms. The van der Waals surface area contributed by atoms with E-state index in [1.807, 2.05) is 19.2 Å². The number of unbranched alkanes of at least 4 members (excludes halogenated alkanes) is 4. The molecule has 0 bridgehead atoms. The lowest BCUT2D eigenvalue weighted by molar-refractivity contribution is -0.0812. The number of aromatic hydroxyl groups is 1. The van der Waals surface area contributed by atoms with E-state index in [4.69, 9.17) is 0 Å². The van der Waals surface area contributed by atoms with E-state index in [-0.39, 0.29) is 16.9 Å². The van der Waals surface area contributed by atoms with Gasteiger partial charge in [-0.25, -0.2) is 0 Å². The molecule has 6 atom stereocenters. The van der Waals surface area contributed by atoms with Gasteiger partial charge in [-0.15, -0.1) is 6.58 Å². The fraction of sp³-hybridized carbons (Fsp3) is 0.714. The Labute approximate surface area is 189 Å². The highest BCUT2D eigenvalue weighted by Crippen LogP contribution is 2.69. The molecule has 0 heterocycles. The molecule has 2 saturated carbocycles. The fourth-order valence-corrected chi connectivity index (χ4v) is 7.93. The van der Waals surface area contributed by atoms with Gasteiger partial charge in [-0.05, 0) is 110 Å². The summed E-state index contributed by atoms with van der Waals surface area (Å²) in [6.07, 6.45) is 15.1. The third kappa shape index (κ3) is 3.97. The van der Waals surface area contributed by atoms with Gasteiger partial charge >= 0.3 is 0 Å². The van der Waals surface area contributed by atoms with Gasteiger partial charge in [-0.2, -0.15) is 0 Å². The number of allylic oxidation sites excluding steroid dienone is 1. The molecular weight excluding hydrogens is 382 g/mol. The minimum atomic E-state index is -0.180. The summed E-state index contributed by atoms with van der Waals surface area (Å²) in [5.74, 6) is 1.95. The van der Waals surface area contributed by atoms with E-state index in [0.717, 1.165) is 38.6 Å². The quantitative estimate of drug-likeness (QED) is 0.338. The molecule has 31 heavy (non-hydrogen) atoms. The molecule has 0 aromatic heterocycles. The smallest absolute Gasteiger partial charge is 0.115 e. The molecule has 1 aromatic carbocycles. The van der Waals surface area contributed by atoms with Gasteiger partial charge in [0, 0.05) is 0 Å². The van der Waals surface area contributed by atoms with Crippen molar-refractivity contribution in [3.8, 4) is 5.75 Å². The number of phenolic OH excluding ortho intramolecular Hbond substituents is 1. The van der Waals surface area contributed by atoms with Crippen molar-refractivity contribution in [1.82, 2.24) is 5.32 Å². The van der Waals surface area contributed by atoms with Crippen LogP contribution < -0.4 is 5.32 Å². The lowest BCUT2D eigenvalue weighted by Gasteiger charge is -2.60. The van der Waals surface area contributed by atoms with Crippen LogP contribution in [0.3, 0.4) is 0 Å². The molecule has 172 valence electrons. The third-order valence-corrected chi connectivity index (χ3v) is 9.36. The van der Waals surface area contributed by atoms with E-state index >= 15 is 0 Å². The number of aliphatic hydroxyl groups excluding tert-OH is 1. The summed E-state index contributed by atoms with van der Waals surface area (Å²) >= 11 is 0. The van der Waals surface area contributed by atoms with Crippen LogP contribution in [0.2, 0.25) is 0 Å². The summed E-state index contributed by atoms with van der Waals surface area (Å²) in [6, 6.07) is 6.08. The molecule has 3 aliphatic rings. The van der Waals surface area contributed by atoms with Gasteiger partial charge in [0.1, 0.15) is 5.75 Å². The molecule has 1 unspecified atom stereocenters. The zero-order chi connectivity index (χ0) is 22.1. The largest absolute Gasteiger partial charge is 0.508 e. The number of rotatable bonds is 9. The summed E-state index contributed by atoms with van der Waals surface area (Å²) < 4.78 is 0. The van der Waals surface area contributed by atoms with E-state index < -0.39 is 0 Å². The molecule has 1 aromatic rings. The summed E-state index contributed by atoms with van der Waals surface area (Å²) in [6.45, 7) is 7.89. The number of hydrogen-bond acceptors (Lipinski definition) is 3. The number of fused-ring (bicyclic) bond motifs is 5. The summed E-state index contributed by atoms with van der Waals surface area (Å²) in [5.41, 5.74) is 2.87. The molecule has 3 heteroatoms. The van der Waals surface area contributed by atoms with Crippen LogP contribution in [-0.2, 0) is 6.42 Å². The van der Waals surface area contributed by atoms with Crippen molar-refractivity contribution in [2.75, 3.05) is 13.6 Å². The predicted molar refractivity (Wildman–Crippen MR) is 128 cm³/mol.